The number of nitrogens with zero attached hydrogens (tertiary/aromatic N) is 5. The van der Waals surface area contributed by atoms with Gasteiger partial charge in [-0.3, -0.25) is 4.40 Å². The molecular formula is C10H9N5O. The van der Waals surface area contributed by atoms with E-state index in [9.17, 15) is 5.11 Å². The first kappa shape index (κ1) is 9.05. The molecule has 0 aliphatic carbocycles. The lowest BCUT2D eigenvalue weighted by molar-refractivity contribution is 0.275. The molecule has 1 N–H and O–H groups in total. The molecule has 3 aromatic heterocycles. The van der Waals surface area contributed by atoms with Crippen molar-refractivity contribution in [1.82, 2.24) is 24.1 Å². The van der Waals surface area contributed by atoms with Gasteiger partial charge in [-0.05, 0) is 12.1 Å². The van der Waals surface area contributed by atoms with Gasteiger partial charge >= 0.3 is 0 Å². The maximum absolute atomic E-state index is 9.38. The number of rotatable bonds is 2. The summed E-state index contributed by atoms with van der Waals surface area (Å²) in [4.78, 5) is 8.25. The second kappa shape index (κ2) is 3.42. The fraction of sp³-hybridized carbons (Fsp3) is 0.100. The fourth-order valence-corrected chi connectivity index (χ4v) is 1.68. The van der Waals surface area contributed by atoms with Crippen LogP contribution >= 0.6 is 0 Å². The van der Waals surface area contributed by atoms with Gasteiger partial charge in [-0.15, -0.1) is 0 Å². The number of hydrogen-bond acceptors (Lipinski definition) is 4. The highest BCUT2D eigenvalue weighted by Crippen LogP contribution is 2.15. The highest BCUT2D eigenvalue weighted by molar-refractivity contribution is 5.47. The molecule has 6 nitrogen and oxygen atoms in total. The van der Waals surface area contributed by atoms with Crippen molar-refractivity contribution in [3.63, 3.8) is 0 Å². The summed E-state index contributed by atoms with van der Waals surface area (Å²) >= 11 is 0. The summed E-state index contributed by atoms with van der Waals surface area (Å²) in [5.74, 6) is 0.603. The van der Waals surface area contributed by atoms with Gasteiger partial charge in [-0.25, -0.2) is 14.6 Å². The molecule has 0 bridgehead atoms. The standard InChI is InChI=1S/C10H9N5O/c16-5-8-10(15-7-11-6-12-15)13-9-3-1-2-4-14(8)9/h1-4,6-7,16H,5H2. The third kappa shape index (κ3) is 1.20. The topological polar surface area (TPSA) is 68.2 Å². The molecule has 16 heavy (non-hydrogen) atoms. The number of aliphatic hydroxyl groups excluding tert-OH is 1. The SMILES string of the molecule is OCc1c(-n2cncn2)nc2ccccn12. The fourth-order valence-electron chi connectivity index (χ4n) is 1.68. The van der Waals surface area contributed by atoms with E-state index in [1.54, 1.807) is 11.0 Å². The zero-order chi connectivity index (χ0) is 11.0. The molecule has 0 unspecified atom stereocenters. The molecule has 0 atom stereocenters. The summed E-state index contributed by atoms with van der Waals surface area (Å²) in [7, 11) is 0. The van der Waals surface area contributed by atoms with E-state index < -0.39 is 0 Å². The largest absolute Gasteiger partial charge is 0.390 e. The summed E-state index contributed by atoms with van der Waals surface area (Å²) in [5.41, 5.74) is 1.47. The summed E-state index contributed by atoms with van der Waals surface area (Å²) in [6, 6.07) is 5.66. The minimum absolute atomic E-state index is 0.0969. The van der Waals surface area contributed by atoms with Crippen molar-refractivity contribution in [3.8, 4) is 5.82 Å². The first-order valence-electron chi connectivity index (χ1n) is 4.82. The Morgan fingerprint density at radius 1 is 1.31 bits per heavy atom. The summed E-state index contributed by atoms with van der Waals surface area (Å²) in [6.07, 6.45) is 4.85. The van der Waals surface area contributed by atoms with Crippen LogP contribution in [-0.4, -0.2) is 29.3 Å². The Morgan fingerprint density at radius 2 is 2.25 bits per heavy atom. The van der Waals surface area contributed by atoms with E-state index in [2.05, 4.69) is 15.1 Å². The molecular weight excluding hydrogens is 206 g/mol. The minimum Gasteiger partial charge on any atom is -0.390 e. The molecule has 80 valence electrons. The highest BCUT2D eigenvalue weighted by Gasteiger charge is 2.12. The normalized spacial score (nSPS) is 11.1. The Balaban J connectivity index is 2.32. The minimum atomic E-state index is -0.0969. The maximum Gasteiger partial charge on any atom is 0.179 e. The van der Waals surface area contributed by atoms with Gasteiger partial charge in [0.25, 0.3) is 0 Å². The Bertz CT molecular complexity index is 613. The van der Waals surface area contributed by atoms with E-state index in [1.165, 1.54) is 6.33 Å². The van der Waals surface area contributed by atoms with Crippen LogP contribution in [0.5, 0.6) is 0 Å². The molecule has 0 aliphatic heterocycles. The zero-order valence-corrected chi connectivity index (χ0v) is 8.35. The van der Waals surface area contributed by atoms with Crippen LogP contribution in [0.2, 0.25) is 0 Å². The monoisotopic (exact) mass is 215 g/mol. The van der Waals surface area contributed by atoms with Crippen LogP contribution in [0.1, 0.15) is 5.69 Å². The van der Waals surface area contributed by atoms with Crippen molar-refractivity contribution >= 4 is 5.65 Å². The second-order valence-electron chi connectivity index (χ2n) is 3.31. The lowest BCUT2D eigenvalue weighted by atomic mass is 10.4. The molecule has 3 rings (SSSR count). The van der Waals surface area contributed by atoms with Crippen LogP contribution < -0.4 is 0 Å². The van der Waals surface area contributed by atoms with Crippen molar-refractivity contribution in [2.75, 3.05) is 0 Å². The van der Waals surface area contributed by atoms with Crippen LogP contribution in [0, 0.1) is 0 Å². The molecule has 3 aromatic rings. The van der Waals surface area contributed by atoms with Gasteiger partial charge in [0.05, 0.1) is 12.3 Å². The maximum atomic E-state index is 9.38. The Hall–Kier alpha value is -2.21. The Labute approximate surface area is 90.8 Å². The Morgan fingerprint density at radius 3 is 3.00 bits per heavy atom. The van der Waals surface area contributed by atoms with Crippen LogP contribution in [0.4, 0.5) is 0 Å². The van der Waals surface area contributed by atoms with Gasteiger partial charge in [0, 0.05) is 6.20 Å². The number of imidazole rings is 1. The lowest BCUT2D eigenvalue weighted by Gasteiger charge is -1.99. The van der Waals surface area contributed by atoms with Crippen LogP contribution in [-0.2, 0) is 6.61 Å². The number of pyridine rings is 1. The van der Waals surface area contributed by atoms with Crippen LogP contribution in [0.15, 0.2) is 37.1 Å². The quantitative estimate of drug-likeness (QED) is 0.672. The molecule has 6 heteroatoms. The van der Waals surface area contributed by atoms with Crippen molar-refractivity contribution in [3.05, 3.63) is 42.7 Å². The zero-order valence-electron chi connectivity index (χ0n) is 8.35. The average Bonchev–Trinajstić information content (AvgIpc) is 2.95. The van der Waals surface area contributed by atoms with Gasteiger partial charge in [-0.1, -0.05) is 6.07 Å². The van der Waals surface area contributed by atoms with Gasteiger partial charge in [0.15, 0.2) is 5.82 Å². The summed E-state index contributed by atoms with van der Waals surface area (Å²) in [6.45, 7) is -0.0969. The van der Waals surface area contributed by atoms with E-state index in [1.807, 2.05) is 28.8 Å². The van der Waals surface area contributed by atoms with Crippen molar-refractivity contribution < 1.29 is 5.11 Å². The number of aliphatic hydroxyl groups is 1. The van der Waals surface area contributed by atoms with Crippen LogP contribution in [0.3, 0.4) is 0 Å². The van der Waals surface area contributed by atoms with E-state index in [0.29, 0.717) is 11.5 Å². The number of fused-ring (bicyclic) bond motifs is 1. The van der Waals surface area contributed by atoms with Gasteiger partial charge in [-0.2, -0.15) is 5.10 Å². The molecule has 0 aliphatic rings. The van der Waals surface area contributed by atoms with E-state index in [0.717, 1.165) is 5.65 Å². The van der Waals surface area contributed by atoms with Crippen molar-refractivity contribution in [2.24, 2.45) is 0 Å². The lowest BCUT2D eigenvalue weighted by Crippen LogP contribution is -2.01. The molecule has 0 spiro atoms. The van der Waals surface area contributed by atoms with E-state index >= 15 is 0 Å². The van der Waals surface area contributed by atoms with E-state index in [-0.39, 0.29) is 6.61 Å². The average molecular weight is 215 g/mol. The first-order chi connectivity index (χ1) is 7.90. The number of hydrogen-bond donors (Lipinski definition) is 1. The molecule has 0 saturated heterocycles. The molecule has 0 saturated carbocycles. The first-order valence-corrected chi connectivity index (χ1v) is 4.82. The smallest absolute Gasteiger partial charge is 0.179 e. The predicted octanol–water partition coefficient (Wildman–Crippen LogP) is 0.407. The van der Waals surface area contributed by atoms with Crippen LogP contribution in [0.25, 0.3) is 11.5 Å². The van der Waals surface area contributed by atoms with Gasteiger partial charge < -0.3 is 5.11 Å². The van der Waals surface area contributed by atoms with Gasteiger partial charge in [0.2, 0.25) is 0 Å². The third-order valence-corrected chi connectivity index (χ3v) is 2.39. The van der Waals surface area contributed by atoms with Crippen molar-refractivity contribution in [2.45, 2.75) is 6.61 Å². The highest BCUT2D eigenvalue weighted by atomic mass is 16.3. The molecule has 0 aromatic carbocycles. The Kier molecular flexibility index (Phi) is 1.94. The molecule has 3 heterocycles. The second-order valence-corrected chi connectivity index (χ2v) is 3.31. The third-order valence-electron chi connectivity index (χ3n) is 2.39. The van der Waals surface area contributed by atoms with E-state index in [4.69, 9.17) is 0 Å². The van der Waals surface area contributed by atoms with Gasteiger partial charge in [0.1, 0.15) is 18.3 Å². The summed E-state index contributed by atoms with van der Waals surface area (Å²) in [5, 5.41) is 13.4. The number of aromatic nitrogens is 5. The molecule has 0 fully saturated rings. The summed E-state index contributed by atoms with van der Waals surface area (Å²) < 4.78 is 3.37. The predicted molar refractivity (Wildman–Crippen MR) is 56.0 cm³/mol. The van der Waals surface area contributed by atoms with Crippen molar-refractivity contribution in [1.29, 1.82) is 0 Å². The molecule has 0 amide bonds. The molecule has 0 radical (unpaired) electrons.